The van der Waals surface area contributed by atoms with Gasteiger partial charge in [-0.05, 0) is 18.6 Å². The molecule has 2 aromatic rings. The van der Waals surface area contributed by atoms with Gasteiger partial charge in [0.2, 0.25) is 5.03 Å². The molecule has 0 amide bonds. The number of sulfonamides is 1. The van der Waals surface area contributed by atoms with E-state index in [0.29, 0.717) is 12.1 Å². The summed E-state index contributed by atoms with van der Waals surface area (Å²) in [7, 11) is -2.31. The lowest BCUT2D eigenvalue weighted by Crippen LogP contribution is -2.30. The number of nitrogens with zero attached hydrogens (tertiary/aromatic N) is 3. The summed E-state index contributed by atoms with van der Waals surface area (Å²) in [6.07, 6.45) is 1.97. The first kappa shape index (κ1) is 14.7. The van der Waals surface area contributed by atoms with Crippen molar-refractivity contribution in [1.82, 2.24) is 13.7 Å². The fourth-order valence-electron chi connectivity index (χ4n) is 1.88. The Balaban J connectivity index is 2.55. The van der Waals surface area contributed by atoms with Gasteiger partial charge in [0.15, 0.2) is 5.82 Å². The highest BCUT2D eigenvalue weighted by atomic mass is 32.2. The Bertz CT molecular complexity index is 697. The van der Waals surface area contributed by atoms with Crippen molar-refractivity contribution in [2.24, 2.45) is 5.84 Å². The van der Waals surface area contributed by atoms with Crippen LogP contribution in [0.15, 0.2) is 29.4 Å². The molecule has 0 aliphatic rings. The molecule has 0 saturated heterocycles. The number of rotatable bonds is 6. The molecule has 9 heteroatoms. The van der Waals surface area contributed by atoms with Crippen LogP contribution in [0, 0.1) is 0 Å². The number of aliphatic hydroxyl groups excluding tert-OH is 1. The van der Waals surface area contributed by atoms with Gasteiger partial charge in [0.25, 0.3) is 10.0 Å². The van der Waals surface area contributed by atoms with Gasteiger partial charge in [-0.25, -0.2) is 19.2 Å². The quantitative estimate of drug-likeness (QED) is 0.495. The number of pyridine rings is 1. The highest BCUT2D eigenvalue weighted by molar-refractivity contribution is 7.89. The molecule has 0 fully saturated rings. The Morgan fingerprint density at radius 1 is 1.50 bits per heavy atom. The molecule has 0 atom stereocenters. The van der Waals surface area contributed by atoms with E-state index in [1.165, 1.54) is 15.8 Å². The number of hydrogen-bond donors (Lipinski definition) is 3. The van der Waals surface area contributed by atoms with Crippen LogP contribution in [0.2, 0.25) is 0 Å². The first-order valence-corrected chi connectivity index (χ1v) is 7.47. The molecular weight excluding hydrogens is 282 g/mol. The Morgan fingerprint density at radius 3 is 2.90 bits per heavy atom. The van der Waals surface area contributed by atoms with E-state index in [4.69, 9.17) is 10.9 Å². The monoisotopic (exact) mass is 299 g/mol. The fraction of sp³-hybridized carbons (Fsp3) is 0.364. The van der Waals surface area contributed by atoms with Gasteiger partial charge in [-0.3, -0.25) is 4.40 Å². The van der Waals surface area contributed by atoms with Crippen LogP contribution in [0.1, 0.15) is 6.42 Å². The first-order chi connectivity index (χ1) is 9.52. The molecule has 0 aliphatic heterocycles. The molecule has 2 heterocycles. The zero-order chi connectivity index (χ0) is 14.8. The Labute approximate surface area is 116 Å². The lowest BCUT2D eigenvalue weighted by atomic mass is 10.5. The van der Waals surface area contributed by atoms with E-state index in [1.807, 2.05) is 0 Å². The summed E-state index contributed by atoms with van der Waals surface area (Å²) in [6.45, 7) is 0.137. The molecule has 0 unspecified atom stereocenters. The highest BCUT2D eigenvalue weighted by Crippen LogP contribution is 2.24. The Kier molecular flexibility index (Phi) is 4.23. The smallest absolute Gasteiger partial charge is 0.262 e. The number of hydrazine groups is 1. The predicted octanol–water partition coefficient (Wildman–Crippen LogP) is -0.377. The van der Waals surface area contributed by atoms with Crippen molar-refractivity contribution < 1.29 is 13.5 Å². The van der Waals surface area contributed by atoms with Crippen LogP contribution in [0.3, 0.4) is 0 Å². The Hall–Kier alpha value is -1.68. The average molecular weight is 299 g/mol. The lowest BCUT2D eigenvalue weighted by molar-refractivity contribution is 0.275. The summed E-state index contributed by atoms with van der Waals surface area (Å²) in [5.74, 6) is 5.45. The molecule has 0 bridgehead atoms. The molecule has 2 aromatic heterocycles. The largest absolute Gasteiger partial charge is 0.396 e. The third-order valence-corrected chi connectivity index (χ3v) is 4.79. The zero-order valence-electron chi connectivity index (χ0n) is 11.0. The number of hydrogen-bond acceptors (Lipinski definition) is 6. The second-order valence-electron chi connectivity index (χ2n) is 4.24. The van der Waals surface area contributed by atoms with Crippen molar-refractivity contribution in [1.29, 1.82) is 0 Å². The van der Waals surface area contributed by atoms with Gasteiger partial charge in [-0.1, -0.05) is 6.07 Å². The molecule has 0 radical (unpaired) electrons. The van der Waals surface area contributed by atoms with E-state index in [-0.39, 0.29) is 24.0 Å². The molecule has 0 saturated carbocycles. The normalized spacial score (nSPS) is 12.2. The van der Waals surface area contributed by atoms with Crippen LogP contribution in [0.4, 0.5) is 5.82 Å². The van der Waals surface area contributed by atoms with Gasteiger partial charge in [0.1, 0.15) is 5.65 Å². The molecule has 4 N–H and O–H groups in total. The minimum absolute atomic E-state index is 0.0176. The summed E-state index contributed by atoms with van der Waals surface area (Å²) < 4.78 is 27.8. The van der Waals surface area contributed by atoms with E-state index < -0.39 is 10.0 Å². The summed E-state index contributed by atoms with van der Waals surface area (Å²) in [4.78, 5) is 4.13. The first-order valence-electron chi connectivity index (χ1n) is 6.03. The maximum absolute atomic E-state index is 12.6. The van der Waals surface area contributed by atoms with E-state index in [0.717, 1.165) is 0 Å². The topological polar surface area (TPSA) is 113 Å². The summed E-state index contributed by atoms with van der Waals surface area (Å²) >= 11 is 0. The molecular formula is C11H17N5O3S. The number of nitrogens with two attached hydrogens (primary N) is 1. The molecule has 0 spiro atoms. The minimum Gasteiger partial charge on any atom is -0.396 e. The number of nitrogens with one attached hydrogen (secondary N) is 1. The van der Waals surface area contributed by atoms with E-state index in [1.54, 1.807) is 24.4 Å². The SMILES string of the molecule is CN(CCCO)S(=O)(=O)c1c(NN)nc2ccccn12. The summed E-state index contributed by atoms with van der Waals surface area (Å²) in [5.41, 5.74) is 2.80. The van der Waals surface area contributed by atoms with Gasteiger partial charge < -0.3 is 10.5 Å². The van der Waals surface area contributed by atoms with Crippen molar-refractivity contribution in [3.05, 3.63) is 24.4 Å². The molecule has 110 valence electrons. The molecule has 2 rings (SSSR count). The molecule has 8 nitrogen and oxygen atoms in total. The number of fused-ring (bicyclic) bond motifs is 1. The van der Waals surface area contributed by atoms with Gasteiger partial charge in [0, 0.05) is 26.4 Å². The van der Waals surface area contributed by atoms with Gasteiger partial charge in [0.05, 0.1) is 0 Å². The van der Waals surface area contributed by atoms with Crippen molar-refractivity contribution in [3.63, 3.8) is 0 Å². The van der Waals surface area contributed by atoms with Crippen LogP contribution in [0.25, 0.3) is 5.65 Å². The van der Waals surface area contributed by atoms with Crippen LogP contribution >= 0.6 is 0 Å². The third-order valence-electron chi connectivity index (χ3n) is 2.91. The van der Waals surface area contributed by atoms with Gasteiger partial charge >= 0.3 is 0 Å². The van der Waals surface area contributed by atoms with Crippen LogP contribution in [0.5, 0.6) is 0 Å². The summed E-state index contributed by atoms with van der Waals surface area (Å²) in [6, 6.07) is 5.16. The van der Waals surface area contributed by atoms with E-state index >= 15 is 0 Å². The number of imidazole rings is 1. The predicted molar refractivity (Wildman–Crippen MR) is 74.5 cm³/mol. The van der Waals surface area contributed by atoms with Gasteiger partial charge in [-0.2, -0.15) is 4.31 Å². The van der Waals surface area contributed by atoms with Crippen molar-refractivity contribution >= 4 is 21.5 Å². The van der Waals surface area contributed by atoms with Crippen molar-refractivity contribution in [2.45, 2.75) is 11.4 Å². The zero-order valence-corrected chi connectivity index (χ0v) is 11.8. The Morgan fingerprint density at radius 2 is 2.25 bits per heavy atom. The number of aliphatic hydroxyl groups is 1. The van der Waals surface area contributed by atoms with Crippen LogP contribution in [-0.2, 0) is 10.0 Å². The van der Waals surface area contributed by atoms with Crippen molar-refractivity contribution in [3.8, 4) is 0 Å². The standard InChI is InChI=1S/C11H17N5O3S/c1-15(6-4-8-17)20(18,19)11-10(14-12)13-9-5-2-3-7-16(9)11/h2-3,5,7,14,17H,4,6,8,12H2,1H3. The van der Waals surface area contributed by atoms with Crippen molar-refractivity contribution in [2.75, 3.05) is 25.6 Å². The number of anilines is 1. The third kappa shape index (κ3) is 2.48. The second kappa shape index (κ2) is 5.75. The highest BCUT2D eigenvalue weighted by Gasteiger charge is 2.28. The minimum atomic E-state index is -3.76. The molecule has 20 heavy (non-hydrogen) atoms. The maximum Gasteiger partial charge on any atom is 0.262 e. The number of nitrogen functional groups attached to an aromatic ring is 1. The van der Waals surface area contributed by atoms with E-state index in [2.05, 4.69) is 10.4 Å². The average Bonchev–Trinajstić information content (AvgIpc) is 2.83. The summed E-state index contributed by atoms with van der Waals surface area (Å²) in [5, 5.41) is 8.80. The van der Waals surface area contributed by atoms with Crippen LogP contribution in [-0.4, -0.2) is 47.4 Å². The number of aromatic nitrogens is 2. The maximum atomic E-state index is 12.6. The molecule has 0 aliphatic carbocycles. The molecule has 0 aromatic carbocycles. The van der Waals surface area contributed by atoms with Gasteiger partial charge in [-0.15, -0.1) is 0 Å². The van der Waals surface area contributed by atoms with E-state index in [9.17, 15) is 8.42 Å². The second-order valence-corrected chi connectivity index (χ2v) is 6.20. The lowest BCUT2D eigenvalue weighted by Gasteiger charge is -2.16. The fourth-order valence-corrected chi connectivity index (χ4v) is 3.29. The van der Waals surface area contributed by atoms with Crippen LogP contribution < -0.4 is 11.3 Å².